The van der Waals surface area contributed by atoms with Gasteiger partial charge in [-0.1, -0.05) is 6.07 Å². The number of thiophene rings is 1. The van der Waals surface area contributed by atoms with E-state index in [1.807, 2.05) is 17.5 Å². The Labute approximate surface area is 91.1 Å². The SMILES string of the molecule is O=C1CCCc2[nH]nc(-c3cccs3)c21. The van der Waals surface area contributed by atoms with E-state index in [1.165, 1.54) is 0 Å². The predicted octanol–water partition coefficient (Wildman–Crippen LogP) is 2.66. The van der Waals surface area contributed by atoms with Gasteiger partial charge in [-0.2, -0.15) is 5.10 Å². The fourth-order valence-electron chi connectivity index (χ4n) is 2.00. The minimum Gasteiger partial charge on any atom is -0.294 e. The number of rotatable bonds is 1. The summed E-state index contributed by atoms with van der Waals surface area (Å²) in [6.07, 6.45) is 2.54. The average molecular weight is 218 g/mol. The summed E-state index contributed by atoms with van der Waals surface area (Å²) in [5, 5.41) is 9.24. The van der Waals surface area contributed by atoms with Gasteiger partial charge in [0.1, 0.15) is 5.69 Å². The molecule has 2 aromatic rings. The molecule has 1 aliphatic rings. The first-order valence-electron chi connectivity index (χ1n) is 5.00. The van der Waals surface area contributed by atoms with Crippen LogP contribution in [0, 0.1) is 0 Å². The van der Waals surface area contributed by atoms with Crippen LogP contribution in [0.25, 0.3) is 10.6 Å². The fourth-order valence-corrected chi connectivity index (χ4v) is 2.72. The van der Waals surface area contributed by atoms with Gasteiger partial charge in [-0.15, -0.1) is 11.3 Å². The van der Waals surface area contributed by atoms with Crippen LogP contribution in [0.15, 0.2) is 17.5 Å². The van der Waals surface area contributed by atoms with E-state index in [-0.39, 0.29) is 5.78 Å². The summed E-state index contributed by atoms with van der Waals surface area (Å²) in [7, 11) is 0. The molecule has 0 bridgehead atoms. The van der Waals surface area contributed by atoms with Crippen LogP contribution in [-0.2, 0) is 6.42 Å². The van der Waals surface area contributed by atoms with Crippen molar-refractivity contribution in [3.05, 3.63) is 28.8 Å². The summed E-state index contributed by atoms with van der Waals surface area (Å²) < 4.78 is 0. The van der Waals surface area contributed by atoms with E-state index in [9.17, 15) is 4.79 Å². The first kappa shape index (κ1) is 8.85. The lowest BCUT2D eigenvalue weighted by molar-refractivity contribution is 0.0973. The van der Waals surface area contributed by atoms with Gasteiger partial charge in [-0.05, 0) is 24.3 Å². The van der Waals surface area contributed by atoms with E-state index in [0.717, 1.165) is 34.7 Å². The highest BCUT2D eigenvalue weighted by molar-refractivity contribution is 7.13. The van der Waals surface area contributed by atoms with Crippen molar-refractivity contribution in [1.29, 1.82) is 0 Å². The summed E-state index contributed by atoms with van der Waals surface area (Å²) in [5.41, 5.74) is 2.67. The molecule has 0 atom stereocenters. The lowest BCUT2D eigenvalue weighted by Crippen LogP contribution is -2.09. The monoisotopic (exact) mass is 218 g/mol. The van der Waals surface area contributed by atoms with Crippen LogP contribution in [0.1, 0.15) is 28.9 Å². The number of nitrogens with zero attached hydrogens (tertiary/aromatic N) is 1. The van der Waals surface area contributed by atoms with E-state index in [1.54, 1.807) is 11.3 Å². The van der Waals surface area contributed by atoms with Gasteiger partial charge in [0.2, 0.25) is 0 Å². The molecule has 0 saturated heterocycles. The number of Topliss-reactive ketones (excluding diaryl/α,β-unsaturated/α-hetero) is 1. The molecule has 2 heterocycles. The second kappa shape index (κ2) is 3.31. The number of aromatic amines is 1. The molecule has 76 valence electrons. The van der Waals surface area contributed by atoms with Crippen molar-refractivity contribution in [3.8, 4) is 10.6 Å². The molecular formula is C11H10N2OS. The van der Waals surface area contributed by atoms with Crippen molar-refractivity contribution >= 4 is 17.1 Å². The van der Waals surface area contributed by atoms with Crippen molar-refractivity contribution in [3.63, 3.8) is 0 Å². The average Bonchev–Trinajstić information content (AvgIpc) is 2.85. The van der Waals surface area contributed by atoms with Crippen LogP contribution < -0.4 is 0 Å². The first-order valence-corrected chi connectivity index (χ1v) is 5.88. The Morgan fingerprint density at radius 1 is 1.40 bits per heavy atom. The Morgan fingerprint density at radius 2 is 2.33 bits per heavy atom. The number of hydrogen-bond donors (Lipinski definition) is 1. The zero-order chi connectivity index (χ0) is 10.3. The smallest absolute Gasteiger partial charge is 0.166 e. The third-order valence-corrected chi connectivity index (χ3v) is 3.58. The quantitative estimate of drug-likeness (QED) is 0.799. The Hall–Kier alpha value is -1.42. The van der Waals surface area contributed by atoms with Crippen LogP contribution in [0.3, 0.4) is 0 Å². The van der Waals surface area contributed by atoms with Gasteiger partial charge in [0.25, 0.3) is 0 Å². The lowest BCUT2D eigenvalue weighted by atomic mass is 9.94. The normalized spacial score (nSPS) is 15.3. The van der Waals surface area contributed by atoms with Gasteiger partial charge >= 0.3 is 0 Å². The second-order valence-corrected chi connectivity index (χ2v) is 4.63. The highest BCUT2D eigenvalue weighted by Crippen LogP contribution is 2.31. The largest absolute Gasteiger partial charge is 0.294 e. The number of nitrogens with one attached hydrogen (secondary N) is 1. The number of aromatic nitrogens is 2. The van der Waals surface area contributed by atoms with Crippen LogP contribution >= 0.6 is 11.3 Å². The molecule has 2 aromatic heterocycles. The van der Waals surface area contributed by atoms with Crippen LogP contribution in [0.5, 0.6) is 0 Å². The molecule has 0 amide bonds. The number of hydrogen-bond acceptors (Lipinski definition) is 3. The molecule has 4 heteroatoms. The number of carbonyl (C=O) groups excluding carboxylic acids is 1. The minimum atomic E-state index is 0.230. The van der Waals surface area contributed by atoms with Gasteiger partial charge in [0.05, 0.1) is 10.4 Å². The van der Waals surface area contributed by atoms with Gasteiger partial charge in [-0.25, -0.2) is 0 Å². The topological polar surface area (TPSA) is 45.8 Å². The second-order valence-electron chi connectivity index (χ2n) is 3.68. The van der Waals surface area contributed by atoms with E-state index in [2.05, 4.69) is 10.2 Å². The van der Waals surface area contributed by atoms with Gasteiger partial charge < -0.3 is 0 Å². The van der Waals surface area contributed by atoms with E-state index >= 15 is 0 Å². The maximum absolute atomic E-state index is 11.8. The highest BCUT2D eigenvalue weighted by atomic mass is 32.1. The predicted molar refractivity (Wildman–Crippen MR) is 59.2 cm³/mol. The molecule has 1 aliphatic carbocycles. The maximum Gasteiger partial charge on any atom is 0.166 e. The van der Waals surface area contributed by atoms with Crippen molar-refractivity contribution < 1.29 is 4.79 Å². The molecule has 0 aliphatic heterocycles. The van der Waals surface area contributed by atoms with Crippen molar-refractivity contribution in [2.45, 2.75) is 19.3 Å². The Balaban J connectivity index is 2.18. The van der Waals surface area contributed by atoms with Crippen molar-refractivity contribution in [2.24, 2.45) is 0 Å². The molecule has 0 saturated carbocycles. The van der Waals surface area contributed by atoms with Crippen LogP contribution in [0.2, 0.25) is 0 Å². The first-order chi connectivity index (χ1) is 7.36. The molecule has 3 nitrogen and oxygen atoms in total. The zero-order valence-electron chi connectivity index (χ0n) is 8.12. The summed E-state index contributed by atoms with van der Waals surface area (Å²) in [6.45, 7) is 0. The van der Waals surface area contributed by atoms with Gasteiger partial charge in [0, 0.05) is 12.1 Å². The number of carbonyl (C=O) groups is 1. The number of aryl methyl sites for hydroxylation is 1. The third-order valence-electron chi connectivity index (χ3n) is 2.71. The molecule has 1 N–H and O–H groups in total. The molecule has 0 unspecified atom stereocenters. The van der Waals surface area contributed by atoms with Crippen LogP contribution in [0.4, 0.5) is 0 Å². The molecule has 0 radical (unpaired) electrons. The standard InChI is InChI=1S/C11H10N2OS/c14-8-4-1-3-7-10(8)11(13-12-7)9-5-2-6-15-9/h2,5-6H,1,3-4H2,(H,12,13). The highest BCUT2D eigenvalue weighted by Gasteiger charge is 2.24. The van der Waals surface area contributed by atoms with E-state index < -0.39 is 0 Å². The van der Waals surface area contributed by atoms with E-state index in [4.69, 9.17) is 0 Å². The number of H-pyrrole nitrogens is 1. The third kappa shape index (κ3) is 1.33. The Morgan fingerprint density at radius 3 is 3.13 bits per heavy atom. The number of ketones is 1. The zero-order valence-corrected chi connectivity index (χ0v) is 8.93. The molecule has 3 rings (SSSR count). The van der Waals surface area contributed by atoms with Crippen molar-refractivity contribution in [1.82, 2.24) is 10.2 Å². The Bertz CT molecular complexity index is 499. The fraction of sp³-hybridized carbons (Fsp3) is 0.273. The molecular weight excluding hydrogens is 208 g/mol. The van der Waals surface area contributed by atoms with Gasteiger partial charge in [-0.3, -0.25) is 9.89 Å². The molecule has 0 aromatic carbocycles. The molecule has 15 heavy (non-hydrogen) atoms. The molecule has 0 fully saturated rings. The summed E-state index contributed by atoms with van der Waals surface area (Å²) in [4.78, 5) is 12.9. The summed E-state index contributed by atoms with van der Waals surface area (Å²) in [5.74, 6) is 0.230. The lowest BCUT2D eigenvalue weighted by Gasteiger charge is -2.09. The van der Waals surface area contributed by atoms with Crippen LogP contribution in [-0.4, -0.2) is 16.0 Å². The molecule has 0 spiro atoms. The van der Waals surface area contributed by atoms with E-state index in [0.29, 0.717) is 6.42 Å². The minimum absolute atomic E-state index is 0.230. The van der Waals surface area contributed by atoms with Gasteiger partial charge in [0.15, 0.2) is 5.78 Å². The summed E-state index contributed by atoms with van der Waals surface area (Å²) in [6, 6.07) is 3.98. The maximum atomic E-state index is 11.8. The van der Waals surface area contributed by atoms with Crippen molar-refractivity contribution in [2.75, 3.05) is 0 Å². The summed E-state index contributed by atoms with van der Waals surface area (Å²) >= 11 is 1.62. The number of fused-ring (bicyclic) bond motifs is 1. The Kier molecular flexibility index (Phi) is 1.95.